The van der Waals surface area contributed by atoms with Crippen molar-refractivity contribution in [3.05, 3.63) is 75.2 Å². The molecule has 0 N–H and O–H groups in total. The molecule has 4 rings (SSSR count). The van der Waals surface area contributed by atoms with E-state index in [-0.39, 0.29) is 11.8 Å². The Hall–Kier alpha value is -2.77. The van der Waals surface area contributed by atoms with Crippen LogP contribution in [-0.4, -0.2) is 18.9 Å². The van der Waals surface area contributed by atoms with Gasteiger partial charge in [-0.2, -0.15) is 0 Å². The Kier molecular flexibility index (Phi) is 5.11. The number of nitrogens with zero attached hydrogens (tertiary/aromatic N) is 1. The molecule has 0 atom stereocenters. The first-order valence-corrected chi connectivity index (χ1v) is 10.4. The van der Waals surface area contributed by atoms with E-state index in [0.717, 1.165) is 16.2 Å². The third-order valence-corrected chi connectivity index (χ3v) is 6.31. The number of carbonyl (C=O) groups excluding carboxylic acids is 2. The molecule has 1 aliphatic rings. The fourth-order valence-electron chi connectivity index (χ4n) is 3.01. The van der Waals surface area contributed by atoms with Crippen LogP contribution in [0.2, 0.25) is 0 Å². The smallest absolute Gasteiger partial charge is 0.272 e. The first-order valence-electron chi connectivity index (χ1n) is 8.57. The van der Waals surface area contributed by atoms with Crippen LogP contribution in [-0.2, 0) is 15.3 Å². The van der Waals surface area contributed by atoms with Gasteiger partial charge in [-0.3, -0.25) is 9.59 Å². The summed E-state index contributed by atoms with van der Waals surface area (Å²) >= 11 is 2.75. The summed E-state index contributed by atoms with van der Waals surface area (Å²) in [7, 11) is 1.53. The monoisotopic (exact) mass is 411 g/mol. The van der Waals surface area contributed by atoms with E-state index in [9.17, 15) is 9.59 Å². The first kappa shape index (κ1) is 18.6. The molecule has 3 aromatic rings. The van der Waals surface area contributed by atoms with Gasteiger partial charge in [-0.1, -0.05) is 12.1 Å². The predicted octanol–water partition coefficient (Wildman–Crippen LogP) is 4.88. The lowest BCUT2D eigenvalue weighted by Crippen LogP contribution is -2.31. The SMILES string of the molecule is COc1ccc(C)cc1N1C(=O)C(SCc2ccco2)=C(c2cccs2)C1=O. The second-order valence-corrected chi connectivity index (χ2v) is 8.10. The van der Waals surface area contributed by atoms with Crippen molar-refractivity contribution in [1.29, 1.82) is 0 Å². The van der Waals surface area contributed by atoms with Gasteiger partial charge >= 0.3 is 0 Å². The van der Waals surface area contributed by atoms with Crippen LogP contribution in [0, 0.1) is 6.92 Å². The average Bonchev–Trinajstić information content (AvgIpc) is 3.42. The highest BCUT2D eigenvalue weighted by Gasteiger charge is 2.41. The second-order valence-electron chi connectivity index (χ2n) is 6.17. The van der Waals surface area contributed by atoms with Crippen molar-refractivity contribution < 1.29 is 18.7 Å². The molecule has 3 heterocycles. The van der Waals surface area contributed by atoms with Gasteiger partial charge in [0.25, 0.3) is 11.8 Å². The van der Waals surface area contributed by atoms with Crippen LogP contribution in [0.25, 0.3) is 5.57 Å². The largest absolute Gasteiger partial charge is 0.495 e. The molecular weight excluding hydrogens is 394 g/mol. The Morgan fingerprint density at radius 1 is 1.14 bits per heavy atom. The van der Waals surface area contributed by atoms with Crippen LogP contribution >= 0.6 is 23.1 Å². The summed E-state index contributed by atoms with van der Waals surface area (Å²) in [6, 6.07) is 12.8. The highest BCUT2D eigenvalue weighted by Crippen LogP contribution is 2.43. The lowest BCUT2D eigenvalue weighted by molar-refractivity contribution is -0.119. The van der Waals surface area contributed by atoms with Crippen molar-refractivity contribution in [2.24, 2.45) is 0 Å². The normalized spacial score (nSPS) is 14.3. The molecule has 0 aliphatic carbocycles. The fourth-order valence-corrected chi connectivity index (χ4v) is 4.85. The zero-order valence-electron chi connectivity index (χ0n) is 15.3. The van der Waals surface area contributed by atoms with E-state index in [1.807, 2.05) is 36.6 Å². The van der Waals surface area contributed by atoms with E-state index < -0.39 is 0 Å². The molecule has 5 nitrogen and oxygen atoms in total. The molecule has 1 aromatic carbocycles. The number of thioether (sulfide) groups is 1. The number of imide groups is 1. The molecular formula is C21H17NO4S2. The molecule has 0 radical (unpaired) electrons. The van der Waals surface area contributed by atoms with Crippen LogP contribution in [0.3, 0.4) is 0 Å². The zero-order valence-corrected chi connectivity index (χ0v) is 16.9. The Balaban J connectivity index is 1.76. The van der Waals surface area contributed by atoms with Crippen molar-refractivity contribution in [2.75, 3.05) is 12.0 Å². The molecule has 1 aliphatic heterocycles. The topological polar surface area (TPSA) is 59.8 Å². The highest BCUT2D eigenvalue weighted by atomic mass is 32.2. The fraction of sp³-hybridized carbons (Fsp3) is 0.143. The molecule has 2 aromatic heterocycles. The van der Waals surface area contributed by atoms with Crippen molar-refractivity contribution in [3.63, 3.8) is 0 Å². The number of amides is 2. The van der Waals surface area contributed by atoms with Gasteiger partial charge in [0, 0.05) is 4.88 Å². The zero-order chi connectivity index (χ0) is 19.7. The summed E-state index contributed by atoms with van der Waals surface area (Å²) in [6.45, 7) is 1.91. The highest BCUT2D eigenvalue weighted by molar-refractivity contribution is 8.03. The third kappa shape index (κ3) is 3.27. The number of rotatable bonds is 6. The summed E-state index contributed by atoms with van der Waals surface area (Å²) in [5.74, 6) is 1.02. The van der Waals surface area contributed by atoms with E-state index in [4.69, 9.17) is 9.15 Å². The Bertz CT molecular complexity index is 1050. The van der Waals surface area contributed by atoms with Crippen molar-refractivity contribution in [2.45, 2.75) is 12.7 Å². The number of aryl methyl sites for hydroxylation is 1. The maximum Gasteiger partial charge on any atom is 0.272 e. The van der Waals surface area contributed by atoms with Crippen LogP contribution in [0.5, 0.6) is 5.75 Å². The van der Waals surface area contributed by atoms with Crippen molar-refractivity contribution in [1.82, 2.24) is 0 Å². The molecule has 142 valence electrons. The minimum absolute atomic E-state index is 0.335. The molecule has 7 heteroatoms. The number of thiophene rings is 1. The van der Waals surface area contributed by atoms with Gasteiger partial charge in [0.1, 0.15) is 11.5 Å². The molecule has 0 bridgehead atoms. The third-order valence-electron chi connectivity index (χ3n) is 4.32. The quantitative estimate of drug-likeness (QED) is 0.541. The van der Waals surface area contributed by atoms with E-state index in [1.54, 1.807) is 24.5 Å². The molecule has 0 fully saturated rings. The predicted molar refractivity (Wildman–Crippen MR) is 111 cm³/mol. The molecule has 2 amide bonds. The van der Waals surface area contributed by atoms with Gasteiger partial charge in [-0.15, -0.1) is 23.1 Å². The maximum atomic E-state index is 13.3. The Morgan fingerprint density at radius 2 is 2.00 bits per heavy atom. The van der Waals surface area contributed by atoms with Crippen LogP contribution < -0.4 is 9.64 Å². The van der Waals surface area contributed by atoms with E-state index in [0.29, 0.717) is 27.7 Å². The average molecular weight is 412 g/mol. The molecule has 28 heavy (non-hydrogen) atoms. The lowest BCUT2D eigenvalue weighted by atomic mass is 10.2. The number of carbonyl (C=O) groups is 2. The van der Waals surface area contributed by atoms with E-state index in [1.165, 1.54) is 35.1 Å². The standard InChI is InChI=1S/C21H17NO4S2/c1-13-7-8-16(25-2)15(11-13)22-20(23)18(17-6-4-10-27-17)19(21(22)24)28-12-14-5-3-9-26-14/h3-11H,12H2,1-2H3. The van der Waals surface area contributed by atoms with Gasteiger partial charge < -0.3 is 9.15 Å². The number of anilines is 1. The second kappa shape index (κ2) is 7.69. The minimum atomic E-state index is -0.339. The number of ether oxygens (including phenoxy) is 1. The lowest BCUT2D eigenvalue weighted by Gasteiger charge is -2.18. The molecule has 0 saturated carbocycles. The maximum absolute atomic E-state index is 13.3. The summed E-state index contributed by atoms with van der Waals surface area (Å²) in [5, 5.41) is 1.89. The molecule has 0 spiro atoms. The summed E-state index contributed by atoms with van der Waals surface area (Å²) in [5.41, 5.74) is 1.83. The number of benzene rings is 1. The van der Waals surface area contributed by atoms with Crippen molar-refractivity contribution in [3.8, 4) is 5.75 Å². The van der Waals surface area contributed by atoms with Gasteiger partial charge in [-0.05, 0) is 48.2 Å². The van der Waals surface area contributed by atoms with Crippen LogP contribution in [0.4, 0.5) is 5.69 Å². The van der Waals surface area contributed by atoms with E-state index >= 15 is 0 Å². The van der Waals surface area contributed by atoms with Gasteiger partial charge in [0.15, 0.2) is 0 Å². The number of methoxy groups -OCH3 is 1. The first-order chi connectivity index (χ1) is 13.6. The Morgan fingerprint density at radius 3 is 2.68 bits per heavy atom. The van der Waals surface area contributed by atoms with Crippen LogP contribution in [0.15, 0.2) is 63.4 Å². The van der Waals surface area contributed by atoms with Crippen molar-refractivity contribution >= 4 is 46.2 Å². The van der Waals surface area contributed by atoms with E-state index in [2.05, 4.69) is 0 Å². The van der Waals surface area contributed by atoms with Crippen LogP contribution in [0.1, 0.15) is 16.2 Å². The number of hydrogen-bond donors (Lipinski definition) is 0. The molecule has 0 unspecified atom stereocenters. The summed E-state index contributed by atoms with van der Waals surface area (Å²) < 4.78 is 10.8. The van der Waals surface area contributed by atoms with Gasteiger partial charge in [0.05, 0.1) is 35.3 Å². The number of hydrogen-bond acceptors (Lipinski definition) is 6. The Labute approximate surface area is 170 Å². The summed E-state index contributed by atoms with van der Waals surface area (Å²) in [4.78, 5) is 29.0. The summed E-state index contributed by atoms with van der Waals surface area (Å²) in [6.07, 6.45) is 1.59. The number of furan rings is 1. The minimum Gasteiger partial charge on any atom is -0.495 e. The van der Waals surface area contributed by atoms with Gasteiger partial charge in [-0.25, -0.2) is 4.90 Å². The molecule has 0 saturated heterocycles. The van der Waals surface area contributed by atoms with Gasteiger partial charge in [0.2, 0.25) is 0 Å².